The van der Waals surface area contributed by atoms with Gasteiger partial charge in [-0.3, -0.25) is 9.48 Å². The van der Waals surface area contributed by atoms with Gasteiger partial charge in [-0.05, 0) is 13.8 Å². The molecule has 0 aromatic carbocycles. The lowest BCUT2D eigenvalue weighted by molar-refractivity contribution is 0.0932. The fourth-order valence-electron chi connectivity index (χ4n) is 1.26. The summed E-state index contributed by atoms with van der Waals surface area (Å²) in [6, 6.07) is 2.25. The molecule has 1 heterocycles. The molecule has 0 bridgehead atoms. The number of ketones is 1. The second-order valence-corrected chi connectivity index (χ2v) is 3.93. The Morgan fingerprint density at radius 3 is 2.73 bits per heavy atom. The maximum atomic E-state index is 11.8. The van der Waals surface area contributed by atoms with Crippen molar-refractivity contribution in [2.24, 2.45) is 5.92 Å². The number of aromatic nitrogens is 2. The van der Waals surface area contributed by atoms with Crippen molar-refractivity contribution in [3.63, 3.8) is 0 Å². The fraction of sp³-hybridized carbons (Fsp3) is 0.545. The Labute approximate surface area is 89.5 Å². The average Bonchev–Trinajstić information content (AvgIpc) is 2.65. The minimum absolute atomic E-state index is 0.0107. The van der Waals surface area contributed by atoms with Crippen molar-refractivity contribution in [3.05, 3.63) is 18.0 Å². The Morgan fingerprint density at radius 1 is 1.60 bits per heavy atom. The first-order chi connectivity index (χ1) is 7.06. The topological polar surface area (TPSA) is 58.7 Å². The molecule has 0 saturated carbocycles. The van der Waals surface area contributed by atoms with Crippen molar-refractivity contribution in [3.8, 4) is 6.07 Å². The normalized spacial score (nSPS) is 12.5. The Kier molecular flexibility index (Phi) is 3.62. The lowest BCUT2D eigenvalue weighted by Gasteiger charge is -2.04. The third-order valence-corrected chi connectivity index (χ3v) is 2.26. The summed E-state index contributed by atoms with van der Waals surface area (Å²) in [6.45, 7) is 5.76. The van der Waals surface area contributed by atoms with Crippen molar-refractivity contribution in [2.75, 3.05) is 0 Å². The van der Waals surface area contributed by atoms with Crippen molar-refractivity contribution in [1.82, 2.24) is 9.78 Å². The van der Waals surface area contributed by atoms with Crippen LogP contribution in [0.4, 0.5) is 0 Å². The molecule has 0 fully saturated rings. The third kappa shape index (κ3) is 2.66. The highest BCUT2D eigenvalue weighted by Crippen LogP contribution is 2.12. The zero-order chi connectivity index (χ0) is 11.4. The van der Waals surface area contributed by atoms with Crippen LogP contribution < -0.4 is 0 Å². The monoisotopic (exact) mass is 205 g/mol. The molecule has 1 rings (SSSR count). The van der Waals surface area contributed by atoms with Crippen LogP contribution in [0.3, 0.4) is 0 Å². The SMILES string of the molecule is CC(CC#N)C(=O)c1cnn(C(C)C)c1. The second kappa shape index (κ2) is 4.74. The molecule has 1 aromatic heterocycles. The molecule has 0 radical (unpaired) electrons. The van der Waals surface area contributed by atoms with Gasteiger partial charge in [0.25, 0.3) is 0 Å². The molecule has 0 aliphatic carbocycles. The Bertz CT molecular complexity index is 387. The maximum Gasteiger partial charge on any atom is 0.169 e. The number of nitriles is 1. The summed E-state index contributed by atoms with van der Waals surface area (Å²) >= 11 is 0. The summed E-state index contributed by atoms with van der Waals surface area (Å²) in [4.78, 5) is 11.8. The van der Waals surface area contributed by atoms with E-state index in [9.17, 15) is 4.79 Å². The molecule has 15 heavy (non-hydrogen) atoms. The number of hydrogen-bond acceptors (Lipinski definition) is 3. The molecule has 4 heteroatoms. The standard InChI is InChI=1S/C11H15N3O/c1-8(2)14-7-10(6-13-14)11(15)9(3)4-5-12/h6-9H,4H2,1-3H3. The van der Waals surface area contributed by atoms with E-state index in [1.165, 1.54) is 0 Å². The molecule has 0 aliphatic rings. The van der Waals surface area contributed by atoms with Crippen LogP contribution >= 0.6 is 0 Å². The molecule has 0 N–H and O–H groups in total. The van der Waals surface area contributed by atoms with Crippen LogP contribution in [0.1, 0.15) is 43.6 Å². The van der Waals surface area contributed by atoms with Crippen molar-refractivity contribution >= 4 is 5.78 Å². The van der Waals surface area contributed by atoms with E-state index >= 15 is 0 Å². The lowest BCUT2D eigenvalue weighted by atomic mass is 9.99. The van der Waals surface area contributed by atoms with Gasteiger partial charge in [-0.25, -0.2) is 0 Å². The van der Waals surface area contributed by atoms with Gasteiger partial charge in [-0.2, -0.15) is 10.4 Å². The third-order valence-electron chi connectivity index (χ3n) is 2.26. The molecule has 1 unspecified atom stereocenters. The molecule has 0 saturated heterocycles. The van der Waals surface area contributed by atoms with Crippen LogP contribution in [0.2, 0.25) is 0 Å². The number of carbonyl (C=O) groups excluding carboxylic acids is 1. The zero-order valence-corrected chi connectivity index (χ0v) is 9.27. The van der Waals surface area contributed by atoms with Crippen molar-refractivity contribution in [2.45, 2.75) is 33.2 Å². The van der Waals surface area contributed by atoms with Crippen LogP contribution in [0, 0.1) is 17.2 Å². The van der Waals surface area contributed by atoms with E-state index in [0.717, 1.165) is 0 Å². The number of hydrogen-bond donors (Lipinski definition) is 0. The predicted octanol–water partition coefficient (Wildman–Crippen LogP) is 2.20. The summed E-state index contributed by atoms with van der Waals surface area (Å²) in [6.07, 6.45) is 3.56. The summed E-state index contributed by atoms with van der Waals surface area (Å²) < 4.78 is 1.74. The van der Waals surface area contributed by atoms with Crippen LogP contribution in [0.25, 0.3) is 0 Å². The Morgan fingerprint density at radius 2 is 2.27 bits per heavy atom. The van der Waals surface area contributed by atoms with Gasteiger partial charge in [0.2, 0.25) is 0 Å². The van der Waals surface area contributed by atoms with Gasteiger partial charge in [0.15, 0.2) is 5.78 Å². The summed E-state index contributed by atoms with van der Waals surface area (Å²) in [5.41, 5.74) is 0.589. The highest BCUT2D eigenvalue weighted by Gasteiger charge is 2.16. The molecule has 0 amide bonds. The Balaban J connectivity index is 2.79. The van der Waals surface area contributed by atoms with E-state index in [0.29, 0.717) is 5.56 Å². The summed E-state index contributed by atoms with van der Waals surface area (Å²) in [7, 11) is 0. The lowest BCUT2D eigenvalue weighted by Crippen LogP contribution is -2.10. The van der Waals surface area contributed by atoms with E-state index in [1.54, 1.807) is 24.0 Å². The van der Waals surface area contributed by atoms with E-state index in [2.05, 4.69) is 5.10 Å². The average molecular weight is 205 g/mol. The molecule has 4 nitrogen and oxygen atoms in total. The van der Waals surface area contributed by atoms with Crippen molar-refractivity contribution < 1.29 is 4.79 Å². The summed E-state index contributed by atoms with van der Waals surface area (Å²) in [5, 5.41) is 12.6. The molecule has 0 aliphatic heterocycles. The zero-order valence-electron chi connectivity index (χ0n) is 9.27. The highest BCUT2D eigenvalue weighted by atomic mass is 16.1. The number of rotatable bonds is 4. The quantitative estimate of drug-likeness (QED) is 0.708. The van der Waals surface area contributed by atoms with Crippen LogP contribution in [-0.4, -0.2) is 15.6 Å². The minimum atomic E-state index is -0.250. The van der Waals surface area contributed by atoms with Crippen LogP contribution in [0.5, 0.6) is 0 Å². The molecule has 80 valence electrons. The summed E-state index contributed by atoms with van der Waals surface area (Å²) in [5.74, 6) is -0.261. The first-order valence-electron chi connectivity index (χ1n) is 5.01. The second-order valence-electron chi connectivity index (χ2n) is 3.93. The molecular formula is C11H15N3O. The van der Waals surface area contributed by atoms with Gasteiger partial charge < -0.3 is 0 Å². The van der Waals surface area contributed by atoms with Crippen molar-refractivity contribution in [1.29, 1.82) is 5.26 Å². The predicted molar refractivity (Wildman–Crippen MR) is 56.3 cm³/mol. The Hall–Kier alpha value is -1.63. The largest absolute Gasteiger partial charge is 0.294 e. The van der Waals surface area contributed by atoms with Gasteiger partial charge in [0, 0.05) is 24.6 Å². The smallest absolute Gasteiger partial charge is 0.169 e. The van der Waals surface area contributed by atoms with E-state index in [4.69, 9.17) is 5.26 Å². The number of Topliss-reactive ketones (excluding diaryl/α,β-unsaturated/α-hetero) is 1. The first-order valence-corrected chi connectivity index (χ1v) is 5.01. The number of nitrogens with zero attached hydrogens (tertiary/aromatic N) is 3. The minimum Gasteiger partial charge on any atom is -0.294 e. The fourth-order valence-corrected chi connectivity index (χ4v) is 1.26. The van der Waals surface area contributed by atoms with E-state index in [1.807, 2.05) is 19.9 Å². The number of carbonyl (C=O) groups is 1. The first kappa shape index (κ1) is 11.4. The van der Waals surface area contributed by atoms with Crippen LogP contribution in [0.15, 0.2) is 12.4 Å². The molecule has 1 aromatic rings. The van der Waals surface area contributed by atoms with Crippen LogP contribution in [-0.2, 0) is 0 Å². The van der Waals surface area contributed by atoms with Gasteiger partial charge in [-0.15, -0.1) is 0 Å². The van der Waals surface area contributed by atoms with Gasteiger partial charge in [0.05, 0.1) is 17.8 Å². The van der Waals surface area contributed by atoms with E-state index < -0.39 is 0 Å². The van der Waals surface area contributed by atoms with E-state index in [-0.39, 0.29) is 24.2 Å². The van der Waals surface area contributed by atoms with Gasteiger partial charge in [-0.1, -0.05) is 6.92 Å². The maximum absolute atomic E-state index is 11.8. The molecular weight excluding hydrogens is 190 g/mol. The molecule has 0 spiro atoms. The van der Waals surface area contributed by atoms with Gasteiger partial charge >= 0.3 is 0 Å². The highest BCUT2D eigenvalue weighted by molar-refractivity contribution is 5.97. The van der Waals surface area contributed by atoms with Gasteiger partial charge in [0.1, 0.15) is 0 Å². The molecule has 1 atom stereocenters.